The Balaban J connectivity index is 2.27. The Kier molecular flexibility index (Phi) is 4.04. The molecule has 3 nitrogen and oxygen atoms in total. The van der Waals surface area contributed by atoms with Crippen LogP contribution in [0.3, 0.4) is 0 Å². The second-order valence-corrected chi connectivity index (χ2v) is 5.15. The van der Waals surface area contributed by atoms with Gasteiger partial charge >= 0.3 is 0 Å². The van der Waals surface area contributed by atoms with Gasteiger partial charge in [-0.3, -0.25) is 0 Å². The molecule has 0 spiro atoms. The van der Waals surface area contributed by atoms with Crippen LogP contribution in [0.2, 0.25) is 0 Å². The van der Waals surface area contributed by atoms with Crippen molar-refractivity contribution in [1.29, 1.82) is 0 Å². The molecule has 3 heteroatoms. The average molecular weight is 246 g/mol. The fourth-order valence-corrected chi connectivity index (χ4v) is 2.26. The van der Waals surface area contributed by atoms with Crippen LogP contribution in [0.15, 0.2) is 30.5 Å². The third kappa shape index (κ3) is 2.74. The van der Waals surface area contributed by atoms with Crippen LogP contribution < -0.4 is 5.32 Å². The summed E-state index contributed by atoms with van der Waals surface area (Å²) in [5, 5.41) is 13.8. The summed E-state index contributed by atoms with van der Waals surface area (Å²) in [6.07, 6.45) is 1.91. The fourth-order valence-electron chi connectivity index (χ4n) is 2.26. The molecule has 1 heterocycles. The van der Waals surface area contributed by atoms with Gasteiger partial charge in [-0.2, -0.15) is 0 Å². The summed E-state index contributed by atoms with van der Waals surface area (Å²) in [4.78, 5) is 0. The largest absolute Gasteiger partial charge is 0.392 e. The van der Waals surface area contributed by atoms with Crippen molar-refractivity contribution < 1.29 is 5.11 Å². The zero-order valence-electron chi connectivity index (χ0n) is 11.4. The number of hydrogen-bond donors (Lipinski definition) is 2. The summed E-state index contributed by atoms with van der Waals surface area (Å²) in [7, 11) is 0. The molecule has 0 saturated carbocycles. The highest BCUT2D eigenvalue weighted by atomic mass is 16.3. The minimum atomic E-state index is -0.302. The van der Waals surface area contributed by atoms with Crippen LogP contribution in [0, 0.1) is 0 Å². The molecule has 0 aliphatic carbocycles. The number of aliphatic hydroxyl groups is 1. The molecule has 0 bridgehead atoms. The molecule has 2 rings (SSSR count). The van der Waals surface area contributed by atoms with Crippen LogP contribution in [0.5, 0.6) is 0 Å². The predicted octanol–water partition coefficient (Wildman–Crippen LogP) is 2.69. The minimum absolute atomic E-state index is 0.302. The van der Waals surface area contributed by atoms with E-state index in [-0.39, 0.29) is 6.10 Å². The molecule has 98 valence electrons. The molecule has 0 unspecified atom stereocenters. The molecule has 0 amide bonds. The third-order valence-electron chi connectivity index (χ3n) is 3.13. The number of aromatic nitrogens is 1. The molecule has 0 fully saturated rings. The Bertz CT molecular complexity index is 514. The van der Waals surface area contributed by atoms with E-state index in [1.807, 2.05) is 0 Å². The number of nitrogens with zero attached hydrogens (tertiary/aromatic N) is 1. The highest BCUT2D eigenvalue weighted by Crippen LogP contribution is 2.24. The lowest BCUT2D eigenvalue weighted by Gasteiger charge is -2.08. The van der Waals surface area contributed by atoms with E-state index in [2.05, 4.69) is 54.2 Å². The van der Waals surface area contributed by atoms with Gasteiger partial charge in [0.1, 0.15) is 0 Å². The molecule has 1 atom stereocenters. The van der Waals surface area contributed by atoms with Crippen molar-refractivity contribution in [3.8, 4) is 0 Å². The van der Waals surface area contributed by atoms with Crippen molar-refractivity contribution in [3.63, 3.8) is 0 Å². The SMILES string of the molecule is CC(C)n1cc(CNC[C@@H](C)O)c2ccccc21. The lowest BCUT2D eigenvalue weighted by atomic mass is 10.2. The molecule has 18 heavy (non-hydrogen) atoms. The van der Waals surface area contributed by atoms with E-state index in [1.54, 1.807) is 6.92 Å². The summed E-state index contributed by atoms with van der Waals surface area (Å²) in [5.41, 5.74) is 2.57. The Morgan fingerprint density at radius 1 is 1.22 bits per heavy atom. The molecule has 0 saturated heterocycles. The van der Waals surface area contributed by atoms with E-state index in [0.29, 0.717) is 12.6 Å². The smallest absolute Gasteiger partial charge is 0.0636 e. The number of fused-ring (bicyclic) bond motifs is 1. The third-order valence-corrected chi connectivity index (χ3v) is 3.13. The van der Waals surface area contributed by atoms with Gasteiger partial charge in [0, 0.05) is 36.2 Å². The normalized spacial score (nSPS) is 13.4. The lowest BCUT2D eigenvalue weighted by molar-refractivity contribution is 0.191. The summed E-state index contributed by atoms with van der Waals surface area (Å²) >= 11 is 0. The van der Waals surface area contributed by atoms with Crippen LogP contribution in [-0.4, -0.2) is 22.3 Å². The van der Waals surface area contributed by atoms with Gasteiger partial charge in [0.25, 0.3) is 0 Å². The Morgan fingerprint density at radius 2 is 1.94 bits per heavy atom. The average Bonchev–Trinajstić information content (AvgIpc) is 2.68. The van der Waals surface area contributed by atoms with Gasteiger partial charge < -0.3 is 15.0 Å². The van der Waals surface area contributed by atoms with Crippen molar-refractivity contribution in [3.05, 3.63) is 36.0 Å². The minimum Gasteiger partial charge on any atom is -0.392 e. The van der Waals surface area contributed by atoms with Crippen LogP contribution in [0.1, 0.15) is 32.4 Å². The molecule has 2 aromatic rings. The molecule has 2 N–H and O–H groups in total. The maximum Gasteiger partial charge on any atom is 0.0636 e. The first-order chi connectivity index (χ1) is 8.59. The van der Waals surface area contributed by atoms with Crippen molar-refractivity contribution in [1.82, 2.24) is 9.88 Å². The maximum atomic E-state index is 9.27. The monoisotopic (exact) mass is 246 g/mol. The Hall–Kier alpha value is -1.32. The molecule has 0 radical (unpaired) electrons. The molecule has 0 aliphatic rings. The van der Waals surface area contributed by atoms with Crippen LogP contribution >= 0.6 is 0 Å². The molecular formula is C15H22N2O. The molecular weight excluding hydrogens is 224 g/mol. The van der Waals surface area contributed by atoms with E-state index in [9.17, 15) is 5.11 Å². The van der Waals surface area contributed by atoms with Crippen LogP contribution in [0.4, 0.5) is 0 Å². The number of aliphatic hydroxyl groups excluding tert-OH is 1. The summed E-state index contributed by atoms with van der Waals surface area (Å²) < 4.78 is 2.30. The van der Waals surface area contributed by atoms with Gasteiger partial charge in [-0.05, 0) is 32.4 Å². The Morgan fingerprint density at radius 3 is 2.61 bits per heavy atom. The molecule has 1 aromatic heterocycles. The van der Waals surface area contributed by atoms with Crippen LogP contribution in [0.25, 0.3) is 10.9 Å². The first-order valence-corrected chi connectivity index (χ1v) is 6.57. The predicted molar refractivity (Wildman–Crippen MR) is 75.7 cm³/mol. The van der Waals surface area contributed by atoms with Gasteiger partial charge in [0.2, 0.25) is 0 Å². The highest BCUT2D eigenvalue weighted by Gasteiger charge is 2.09. The van der Waals surface area contributed by atoms with Crippen LogP contribution in [-0.2, 0) is 6.54 Å². The van der Waals surface area contributed by atoms with Crippen molar-refractivity contribution in [2.45, 2.75) is 39.5 Å². The van der Waals surface area contributed by atoms with E-state index >= 15 is 0 Å². The number of hydrogen-bond acceptors (Lipinski definition) is 2. The maximum absolute atomic E-state index is 9.27. The summed E-state index contributed by atoms with van der Waals surface area (Å²) in [5.74, 6) is 0. The summed E-state index contributed by atoms with van der Waals surface area (Å²) in [6.45, 7) is 7.61. The lowest BCUT2D eigenvalue weighted by Crippen LogP contribution is -2.23. The zero-order chi connectivity index (χ0) is 13.1. The second kappa shape index (κ2) is 5.55. The number of para-hydroxylation sites is 1. The van der Waals surface area contributed by atoms with Gasteiger partial charge in [-0.15, -0.1) is 0 Å². The number of benzene rings is 1. The second-order valence-electron chi connectivity index (χ2n) is 5.15. The van der Waals surface area contributed by atoms with Gasteiger partial charge in [-0.25, -0.2) is 0 Å². The van der Waals surface area contributed by atoms with E-state index in [0.717, 1.165) is 6.54 Å². The van der Waals surface area contributed by atoms with E-state index < -0.39 is 0 Å². The quantitative estimate of drug-likeness (QED) is 0.851. The fraction of sp³-hybridized carbons (Fsp3) is 0.467. The van der Waals surface area contributed by atoms with E-state index in [4.69, 9.17) is 0 Å². The standard InChI is InChI=1S/C15H22N2O/c1-11(2)17-10-13(9-16-8-12(3)18)14-6-4-5-7-15(14)17/h4-7,10-12,16,18H,8-9H2,1-3H3/t12-/m1/s1. The number of nitrogens with one attached hydrogen (secondary N) is 1. The topological polar surface area (TPSA) is 37.2 Å². The molecule has 0 aliphatic heterocycles. The first kappa shape index (κ1) is 13.1. The van der Waals surface area contributed by atoms with Crippen molar-refractivity contribution in [2.24, 2.45) is 0 Å². The van der Waals surface area contributed by atoms with Gasteiger partial charge in [-0.1, -0.05) is 18.2 Å². The van der Waals surface area contributed by atoms with Gasteiger partial charge in [0.05, 0.1) is 6.10 Å². The van der Waals surface area contributed by atoms with Crippen molar-refractivity contribution in [2.75, 3.05) is 6.54 Å². The highest BCUT2D eigenvalue weighted by molar-refractivity contribution is 5.84. The van der Waals surface area contributed by atoms with E-state index in [1.165, 1.54) is 16.5 Å². The zero-order valence-corrected chi connectivity index (χ0v) is 11.4. The van der Waals surface area contributed by atoms with Gasteiger partial charge in [0.15, 0.2) is 0 Å². The first-order valence-electron chi connectivity index (χ1n) is 6.57. The van der Waals surface area contributed by atoms with Crippen molar-refractivity contribution >= 4 is 10.9 Å². The summed E-state index contributed by atoms with van der Waals surface area (Å²) in [6, 6.07) is 8.93. The Labute approximate surface area is 108 Å². The molecule has 1 aromatic carbocycles. The number of rotatable bonds is 5.